The summed E-state index contributed by atoms with van der Waals surface area (Å²) in [5, 5.41) is 3.17. The van der Waals surface area contributed by atoms with E-state index in [2.05, 4.69) is 18.3 Å². The summed E-state index contributed by atoms with van der Waals surface area (Å²) in [6.07, 6.45) is 2.08. The normalized spacial score (nSPS) is 17.2. The number of carbonyl (C=O) groups is 1. The van der Waals surface area contributed by atoms with Crippen LogP contribution in [0, 0.1) is 5.92 Å². The summed E-state index contributed by atoms with van der Waals surface area (Å²) in [6.45, 7) is 4.85. The van der Waals surface area contributed by atoms with Crippen LogP contribution in [0.25, 0.3) is 0 Å². The van der Waals surface area contributed by atoms with Crippen molar-refractivity contribution in [3.8, 4) is 0 Å². The zero-order valence-electron chi connectivity index (χ0n) is 11.3. The number of hydrogen-bond acceptors (Lipinski definition) is 2. The van der Waals surface area contributed by atoms with Gasteiger partial charge in [0.25, 0.3) is 5.91 Å². The quantitative estimate of drug-likeness (QED) is 0.880. The Bertz CT molecular complexity index is 417. The summed E-state index contributed by atoms with van der Waals surface area (Å²) >= 11 is 0. The van der Waals surface area contributed by atoms with Gasteiger partial charge in [-0.3, -0.25) is 4.79 Å². The molecule has 3 heteroatoms. The van der Waals surface area contributed by atoms with Gasteiger partial charge in [-0.05, 0) is 44.0 Å². The smallest absolute Gasteiger partial charge is 0.254 e. The second-order valence-corrected chi connectivity index (χ2v) is 5.17. The molecule has 1 heterocycles. The first-order valence-corrected chi connectivity index (χ1v) is 6.74. The van der Waals surface area contributed by atoms with Gasteiger partial charge in [-0.2, -0.15) is 0 Å². The Labute approximate surface area is 109 Å². The number of hydrogen-bond donors (Lipinski definition) is 1. The van der Waals surface area contributed by atoms with Crippen molar-refractivity contribution in [1.29, 1.82) is 0 Å². The van der Waals surface area contributed by atoms with Crippen LogP contribution < -0.4 is 5.32 Å². The molecule has 0 aromatic heterocycles. The second-order valence-electron chi connectivity index (χ2n) is 5.17. The molecule has 0 saturated heterocycles. The standard InChI is InChI=1S/C15H22N2O/c1-12(10-16-2)11-17-9-5-7-13-6-3-4-8-14(13)15(17)18/h3-4,6,8,12,16H,5,7,9-11H2,1-2H3. The summed E-state index contributed by atoms with van der Waals surface area (Å²) in [4.78, 5) is 14.5. The van der Waals surface area contributed by atoms with Crippen molar-refractivity contribution in [3.63, 3.8) is 0 Å². The molecule has 1 aliphatic heterocycles. The van der Waals surface area contributed by atoms with E-state index in [-0.39, 0.29) is 5.91 Å². The van der Waals surface area contributed by atoms with Gasteiger partial charge < -0.3 is 10.2 Å². The van der Waals surface area contributed by atoms with Crippen LogP contribution in [0.3, 0.4) is 0 Å². The number of amides is 1. The average molecular weight is 246 g/mol. The predicted octanol–water partition coefficient (Wildman–Crippen LogP) is 1.93. The van der Waals surface area contributed by atoms with Gasteiger partial charge in [-0.25, -0.2) is 0 Å². The van der Waals surface area contributed by atoms with E-state index in [1.807, 2.05) is 30.1 Å². The molecule has 0 aliphatic carbocycles. The zero-order valence-corrected chi connectivity index (χ0v) is 11.3. The molecule has 0 saturated carbocycles. The fourth-order valence-corrected chi connectivity index (χ4v) is 2.64. The molecule has 0 radical (unpaired) electrons. The Kier molecular flexibility index (Phi) is 4.37. The van der Waals surface area contributed by atoms with Crippen molar-refractivity contribution < 1.29 is 4.79 Å². The van der Waals surface area contributed by atoms with Gasteiger partial charge in [-0.1, -0.05) is 25.1 Å². The van der Waals surface area contributed by atoms with E-state index in [1.165, 1.54) is 5.56 Å². The number of aryl methyl sites for hydroxylation is 1. The first-order valence-electron chi connectivity index (χ1n) is 6.74. The van der Waals surface area contributed by atoms with E-state index in [1.54, 1.807) is 0 Å². The minimum atomic E-state index is 0.200. The Morgan fingerprint density at radius 3 is 2.94 bits per heavy atom. The van der Waals surface area contributed by atoms with Crippen molar-refractivity contribution in [2.24, 2.45) is 5.92 Å². The Morgan fingerprint density at radius 2 is 2.17 bits per heavy atom. The lowest BCUT2D eigenvalue weighted by Gasteiger charge is -2.24. The average Bonchev–Trinajstić information content (AvgIpc) is 2.51. The first kappa shape index (κ1) is 13.1. The highest BCUT2D eigenvalue weighted by atomic mass is 16.2. The van der Waals surface area contributed by atoms with Gasteiger partial charge in [0.2, 0.25) is 0 Å². The highest BCUT2D eigenvalue weighted by Gasteiger charge is 2.22. The van der Waals surface area contributed by atoms with Crippen LogP contribution >= 0.6 is 0 Å². The molecule has 18 heavy (non-hydrogen) atoms. The van der Waals surface area contributed by atoms with Crippen molar-refractivity contribution >= 4 is 5.91 Å². The molecule has 0 fully saturated rings. The second kappa shape index (κ2) is 6.01. The van der Waals surface area contributed by atoms with Crippen LogP contribution in [0.4, 0.5) is 0 Å². The number of fused-ring (bicyclic) bond motifs is 1. The van der Waals surface area contributed by atoms with Crippen LogP contribution in [0.1, 0.15) is 29.3 Å². The Balaban J connectivity index is 2.12. The van der Waals surface area contributed by atoms with Gasteiger partial charge >= 0.3 is 0 Å². The van der Waals surface area contributed by atoms with E-state index in [9.17, 15) is 4.79 Å². The van der Waals surface area contributed by atoms with E-state index in [0.29, 0.717) is 5.92 Å². The molecule has 98 valence electrons. The minimum absolute atomic E-state index is 0.200. The molecule has 3 nitrogen and oxygen atoms in total. The van der Waals surface area contributed by atoms with Crippen LogP contribution in [-0.2, 0) is 6.42 Å². The van der Waals surface area contributed by atoms with Crippen LogP contribution in [-0.4, -0.2) is 37.5 Å². The molecule has 1 atom stereocenters. The van der Waals surface area contributed by atoms with Gasteiger partial charge in [0.05, 0.1) is 0 Å². The topological polar surface area (TPSA) is 32.3 Å². The molecule has 1 aromatic rings. The number of benzene rings is 1. The van der Waals surface area contributed by atoms with Crippen molar-refractivity contribution in [2.75, 3.05) is 26.7 Å². The fourth-order valence-electron chi connectivity index (χ4n) is 2.64. The number of rotatable bonds is 4. The summed E-state index contributed by atoms with van der Waals surface area (Å²) in [7, 11) is 1.95. The highest BCUT2D eigenvalue weighted by Crippen LogP contribution is 2.19. The van der Waals surface area contributed by atoms with Gasteiger partial charge in [-0.15, -0.1) is 0 Å². The predicted molar refractivity (Wildman–Crippen MR) is 73.8 cm³/mol. The Morgan fingerprint density at radius 1 is 1.39 bits per heavy atom. The minimum Gasteiger partial charge on any atom is -0.338 e. The summed E-state index contributed by atoms with van der Waals surface area (Å²) < 4.78 is 0. The molecule has 0 spiro atoms. The maximum absolute atomic E-state index is 12.5. The van der Waals surface area contributed by atoms with Crippen molar-refractivity contribution in [3.05, 3.63) is 35.4 Å². The van der Waals surface area contributed by atoms with Crippen LogP contribution in [0.5, 0.6) is 0 Å². The van der Waals surface area contributed by atoms with E-state index in [4.69, 9.17) is 0 Å². The number of carbonyl (C=O) groups excluding carboxylic acids is 1. The number of nitrogens with zero attached hydrogens (tertiary/aromatic N) is 1. The van der Waals surface area contributed by atoms with Gasteiger partial charge in [0, 0.05) is 18.7 Å². The van der Waals surface area contributed by atoms with E-state index < -0.39 is 0 Å². The third-order valence-corrected chi connectivity index (χ3v) is 3.49. The largest absolute Gasteiger partial charge is 0.338 e. The molecule has 2 rings (SSSR count). The Hall–Kier alpha value is -1.35. The van der Waals surface area contributed by atoms with E-state index in [0.717, 1.165) is 38.0 Å². The van der Waals surface area contributed by atoms with Crippen LogP contribution in [0.15, 0.2) is 24.3 Å². The maximum Gasteiger partial charge on any atom is 0.254 e. The van der Waals surface area contributed by atoms with Crippen molar-refractivity contribution in [1.82, 2.24) is 10.2 Å². The molecule has 1 aliphatic rings. The summed E-state index contributed by atoms with van der Waals surface area (Å²) in [5.41, 5.74) is 2.10. The SMILES string of the molecule is CNCC(C)CN1CCCc2ccccc2C1=O. The van der Waals surface area contributed by atoms with Gasteiger partial charge in [0.15, 0.2) is 0 Å². The van der Waals surface area contributed by atoms with Crippen LogP contribution in [0.2, 0.25) is 0 Å². The lowest BCUT2D eigenvalue weighted by molar-refractivity contribution is 0.0738. The first-order chi connectivity index (χ1) is 8.72. The fraction of sp³-hybridized carbons (Fsp3) is 0.533. The molecule has 1 unspecified atom stereocenters. The molecular weight excluding hydrogens is 224 g/mol. The highest BCUT2D eigenvalue weighted by molar-refractivity contribution is 5.96. The molecule has 1 aromatic carbocycles. The third kappa shape index (κ3) is 2.91. The molecule has 1 N–H and O–H groups in total. The lowest BCUT2D eigenvalue weighted by Crippen LogP contribution is -2.37. The lowest BCUT2D eigenvalue weighted by atomic mass is 10.0. The molecular formula is C15H22N2O. The summed E-state index contributed by atoms with van der Waals surface area (Å²) in [5.74, 6) is 0.690. The third-order valence-electron chi connectivity index (χ3n) is 3.49. The van der Waals surface area contributed by atoms with E-state index >= 15 is 0 Å². The molecule has 0 bridgehead atoms. The summed E-state index contributed by atoms with van der Waals surface area (Å²) in [6, 6.07) is 8.01. The maximum atomic E-state index is 12.5. The van der Waals surface area contributed by atoms with Crippen molar-refractivity contribution in [2.45, 2.75) is 19.8 Å². The van der Waals surface area contributed by atoms with Gasteiger partial charge in [0.1, 0.15) is 0 Å². The monoisotopic (exact) mass is 246 g/mol. The molecule has 1 amide bonds. The number of nitrogens with one attached hydrogen (secondary N) is 1. The zero-order chi connectivity index (χ0) is 13.0.